The van der Waals surface area contributed by atoms with Gasteiger partial charge in [-0.05, 0) is 311 Å². The van der Waals surface area contributed by atoms with E-state index in [0.29, 0.717) is 99.4 Å². The molecule has 3 unspecified atom stereocenters. The van der Waals surface area contributed by atoms with Crippen LogP contribution in [0.3, 0.4) is 0 Å². The molecule has 6 aromatic carbocycles. The Kier molecular flexibility index (Phi) is 28.9. The molecule has 3 saturated heterocycles. The van der Waals surface area contributed by atoms with Crippen molar-refractivity contribution in [2.24, 2.45) is 0 Å². The Hall–Kier alpha value is -10.9. The molecule has 11 N–H and O–H groups in total. The van der Waals surface area contributed by atoms with Crippen LogP contribution in [0.1, 0.15) is 173 Å². The topological polar surface area (TPSA) is 366 Å². The van der Waals surface area contributed by atoms with Crippen LogP contribution < -0.4 is 51.4 Å². The average molecular weight is 1750 g/mol. The Morgan fingerprint density at radius 1 is 0.419 bits per heavy atom. The molecule has 0 bridgehead atoms. The maximum Gasteiger partial charge on any atom is 0.231 e. The van der Waals surface area contributed by atoms with Crippen molar-refractivity contribution in [2.45, 2.75) is 209 Å². The highest BCUT2D eigenvalue weighted by atomic mass is 32.2. The Bertz CT molecular complexity index is 6100. The number of aliphatic hydroxyl groups is 1. The van der Waals surface area contributed by atoms with Crippen LogP contribution in [-0.4, -0.2) is 179 Å². The monoisotopic (exact) mass is 1740 g/mol. The van der Waals surface area contributed by atoms with Gasteiger partial charge in [-0.3, -0.25) is 0 Å². The van der Waals surface area contributed by atoms with Gasteiger partial charge >= 0.3 is 0 Å². The molecule has 3 fully saturated rings. The van der Waals surface area contributed by atoms with Crippen LogP contribution in [0.2, 0.25) is 0 Å². The third kappa shape index (κ3) is 21.3. The van der Waals surface area contributed by atoms with Gasteiger partial charge in [0.2, 0.25) is 17.8 Å². The number of rotatable bonds is 29. The van der Waals surface area contributed by atoms with E-state index >= 15 is 0 Å². The van der Waals surface area contributed by atoms with Crippen LogP contribution >= 0.6 is 0 Å². The number of benzene rings is 6. The highest BCUT2D eigenvalue weighted by Gasteiger charge is 2.31. The van der Waals surface area contributed by atoms with Gasteiger partial charge in [0.25, 0.3) is 0 Å². The number of β-amino-alcohol motifs (C(OH)–C–C–N with tert-alkyl or cyclic N) is 1. The number of hydrogen-bond acceptors (Lipinski definition) is 25. The largest absolute Gasteiger partial charge is 0.489 e. The molecule has 6 aromatic heterocycles. The molecule has 15 rings (SSSR count). The summed E-state index contributed by atoms with van der Waals surface area (Å²) in [5, 5.41) is 33.5. The van der Waals surface area contributed by atoms with Gasteiger partial charge in [0.15, 0.2) is 29.5 Å². The van der Waals surface area contributed by atoms with E-state index in [-0.39, 0.29) is 39.6 Å². The maximum absolute atomic E-state index is 13.1. The first-order valence-electron chi connectivity index (χ1n) is 43.0. The second kappa shape index (κ2) is 39.5. The van der Waals surface area contributed by atoms with Gasteiger partial charge in [-0.2, -0.15) is 29.9 Å². The van der Waals surface area contributed by atoms with E-state index in [1.165, 1.54) is 34.2 Å². The molecule has 0 amide bonds. The number of H-pyrrole nitrogens is 3. The predicted octanol–water partition coefficient (Wildman–Crippen LogP) is 18.6. The van der Waals surface area contributed by atoms with Crippen molar-refractivity contribution < 1.29 is 44.6 Å². The lowest BCUT2D eigenvalue weighted by molar-refractivity contribution is 0.161. The summed E-state index contributed by atoms with van der Waals surface area (Å²) >= 11 is 0. The molecule has 0 spiro atoms. The first-order valence-corrected chi connectivity index (χ1v) is 47.7. The number of aryl methyl sites for hydroxylation is 3. The summed E-state index contributed by atoms with van der Waals surface area (Å²) in [6.45, 7) is 35.5. The van der Waals surface area contributed by atoms with Gasteiger partial charge in [-0.15, -0.1) is 0 Å². The highest BCUT2D eigenvalue weighted by molar-refractivity contribution is 7.92. The van der Waals surface area contributed by atoms with Gasteiger partial charge in [-0.25, -0.2) is 25.3 Å². The molecule has 3 atom stereocenters. The van der Waals surface area contributed by atoms with Gasteiger partial charge < -0.3 is 81.3 Å². The van der Waals surface area contributed by atoms with Crippen molar-refractivity contribution in [2.75, 3.05) is 91.4 Å². The lowest BCUT2D eigenvalue weighted by atomic mass is 9.87. The summed E-state index contributed by atoms with van der Waals surface area (Å²) < 4.78 is 97.3. The Morgan fingerprint density at radius 2 is 0.758 bits per heavy atom. The van der Waals surface area contributed by atoms with Crippen LogP contribution in [0.5, 0.6) is 17.2 Å². The molecule has 3 aliphatic rings. The number of hydrogen-bond donors (Lipinski definition) is 11. The highest BCUT2D eigenvalue weighted by Crippen LogP contribution is 2.44. The van der Waals surface area contributed by atoms with Gasteiger partial charge in [0.1, 0.15) is 51.6 Å². The molecule has 0 radical (unpaired) electrons. The zero-order chi connectivity index (χ0) is 88.5. The normalized spacial score (nSPS) is 16.2. The van der Waals surface area contributed by atoms with E-state index in [9.17, 15) is 30.4 Å². The molecule has 124 heavy (non-hydrogen) atoms. The minimum atomic E-state index is -3.53. The van der Waals surface area contributed by atoms with Crippen LogP contribution in [-0.2, 0) is 29.5 Å². The number of ether oxygens (including phenoxy) is 3. The SMILES string of the molecule is Cc1cc(Nc2nc(Nc3ccccc3S(=O)(=O)C(C)C)c3cc[nH]c3n2)c(OC(C)C)cc1C1CCCN(C)C1.Cc1cc(Nc2nc(Nc3ccccc3S(=O)(=O)C(C)C)c3cc[nH]c3n2)c(OC(C)C)cc1C1CCCN(CCO)C1.Cc1cc(Nc2nc(Nc3ccccc3S(=O)(=O)C(C)C)c3cc[nH]c3n2)c(OC(C)C)cc1C1CCCNC1. The number of aromatic amines is 3. The minimum Gasteiger partial charge on any atom is -0.489 e. The lowest BCUT2D eigenvalue weighted by Gasteiger charge is -2.33. The van der Waals surface area contributed by atoms with E-state index in [1.807, 2.05) is 59.7 Å². The second-order valence-electron chi connectivity index (χ2n) is 34.0. The number of fused-ring (bicyclic) bond motifs is 3. The summed E-state index contributed by atoms with van der Waals surface area (Å²) in [6, 6.07) is 39.0. The van der Waals surface area contributed by atoms with E-state index in [0.717, 1.165) is 122 Å². The Labute approximate surface area is 728 Å². The molecule has 28 nitrogen and oxygen atoms in total. The summed E-state index contributed by atoms with van der Waals surface area (Å²) in [4.78, 5) is 43.3. The fourth-order valence-corrected chi connectivity index (χ4v) is 19.8. The van der Waals surface area contributed by atoms with Crippen molar-refractivity contribution >= 4 is 132 Å². The lowest BCUT2D eigenvalue weighted by Crippen LogP contribution is -2.36. The van der Waals surface area contributed by atoms with E-state index in [1.54, 1.807) is 133 Å². The third-order valence-corrected chi connectivity index (χ3v) is 29.2. The van der Waals surface area contributed by atoms with Crippen LogP contribution in [0.4, 0.5) is 69.4 Å². The van der Waals surface area contributed by atoms with Gasteiger partial charge in [0, 0.05) is 44.8 Å². The van der Waals surface area contributed by atoms with E-state index < -0.39 is 45.3 Å². The standard InChI is InChI=1S/C32H42N6O4S.C31H40N6O3S.C30H38N6O3S/c1-20(2)42-28-18-25(23-9-8-14-38(19-23)15-16-39)22(5)17-27(28)35-32-36-30-24(12-13-33-30)31(37-32)34-26-10-6-7-11-29(26)43(40,41)21(3)4;1-19(2)40-27-17-24(22-10-9-15-37(6)18-22)21(5)16-26(27)34-31-35-29-23(13-14-32-29)30(36-31)33-25-11-7-8-12-28(25)41(38,39)20(3)4;1-18(2)39-26-16-23(21-9-8-13-31-17-21)20(5)15-25(26)34-30-35-28-22(12-14-32-28)29(36-30)33-24-10-6-7-11-27(24)40(37,38)19(3)4/h6-7,10-13,17-18,20-21,23,39H,8-9,14-16,19H2,1-5H3,(H3,33,34,35,36,37);7-8,11-14,16-17,19-20,22H,9-10,15,18H2,1-6H3,(H3,32,33,34,35,36);6-7,10-12,14-16,18-19,21,31H,8-9,13,17H2,1-5H3,(H3,32,33,34,35,36). The molecule has 0 saturated carbocycles. The quantitative estimate of drug-likeness (QED) is 0.0207. The summed E-state index contributed by atoms with van der Waals surface area (Å²) in [5.74, 6) is 6.02. The number of aliphatic hydroxyl groups excluding tert-OH is 1. The smallest absolute Gasteiger partial charge is 0.231 e. The number of likely N-dealkylation sites (tertiary alicyclic amines) is 2. The van der Waals surface area contributed by atoms with Crippen molar-refractivity contribution in [3.63, 3.8) is 0 Å². The molecular weight excluding hydrogens is 1630 g/mol. The van der Waals surface area contributed by atoms with Crippen molar-refractivity contribution in [3.8, 4) is 17.2 Å². The zero-order valence-corrected chi connectivity index (χ0v) is 76.3. The number of nitrogens with one attached hydrogen (secondary N) is 10. The van der Waals surface area contributed by atoms with Crippen LogP contribution in [0, 0.1) is 20.8 Å². The molecular formula is C93H120N18O10S3. The van der Waals surface area contributed by atoms with Gasteiger partial charge in [0.05, 0.1) is 106 Å². The van der Waals surface area contributed by atoms with Crippen LogP contribution in [0.25, 0.3) is 33.1 Å². The number of aromatic nitrogens is 9. The first kappa shape index (κ1) is 90.8. The molecule has 9 heterocycles. The van der Waals surface area contributed by atoms with E-state index in [4.69, 9.17) is 44.1 Å². The summed E-state index contributed by atoms with van der Waals surface area (Å²) in [5.41, 5.74) is 12.9. The van der Waals surface area contributed by atoms with Gasteiger partial charge in [-0.1, -0.05) is 36.4 Å². The number of anilines is 12. The fraction of sp³-hybridized carbons (Fsp3) is 0.419. The van der Waals surface area contributed by atoms with Crippen molar-refractivity contribution in [1.82, 2.24) is 60.0 Å². The van der Waals surface area contributed by atoms with Crippen molar-refractivity contribution in [3.05, 3.63) is 179 Å². The summed E-state index contributed by atoms with van der Waals surface area (Å²) in [6.07, 6.45) is 12.1. The summed E-state index contributed by atoms with van der Waals surface area (Å²) in [7, 11) is -8.38. The minimum absolute atomic E-state index is 0.0102. The van der Waals surface area contributed by atoms with E-state index in [2.05, 4.69) is 126 Å². The number of piperidine rings is 3. The number of sulfone groups is 3. The van der Waals surface area contributed by atoms with Crippen molar-refractivity contribution in [1.29, 1.82) is 0 Å². The number of para-hydroxylation sites is 3. The number of likely N-dealkylation sites (N-methyl/N-ethyl adjacent to an activating group) is 1. The predicted molar refractivity (Wildman–Crippen MR) is 498 cm³/mol. The second-order valence-corrected chi connectivity index (χ2v) is 41.5. The number of nitrogens with zero attached hydrogens (tertiary/aromatic N) is 8. The third-order valence-electron chi connectivity index (χ3n) is 22.5. The molecule has 12 aromatic rings. The Morgan fingerprint density at radius 3 is 1.09 bits per heavy atom. The Balaban J connectivity index is 0.000000160. The zero-order valence-electron chi connectivity index (χ0n) is 73.9. The average Bonchev–Trinajstić information content (AvgIpc) is 1.62. The maximum atomic E-state index is 13.1. The molecule has 0 aliphatic carbocycles. The van der Waals surface area contributed by atoms with Crippen LogP contribution in [0.15, 0.2) is 161 Å². The molecule has 31 heteroatoms. The first-order chi connectivity index (χ1) is 59.2. The molecule has 660 valence electrons. The molecule has 3 aliphatic heterocycles. The fourth-order valence-electron chi connectivity index (χ4n) is 16.2.